The molecular formula is C16H20N2OS. The Balaban J connectivity index is 1.87. The fraction of sp³-hybridized carbons (Fsp3) is 0.625. The maximum atomic E-state index is 12.7. The Bertz CT molecular complexity index is 580. The molecule has 106 valence electrons. The van der Waals surface area contributed by atoms with Gasteiger partial charge in [-0.2, -0.15) is 5.26 Å². The number of nitriles is 1. The minimum absolute atomic E-state index is 0.0401. The minimum atomic E-state index is -0.548. The Morgan fingerprint density at radius 2 is 2.30 bits per heavy atom. The van der Waals surface area contributed by atoms with Crippen molar-refractivity contribution < 1.29 is 4.79 Å². The van der Waals surface area contributed by atoms with E-state index in [1.807, 2.05) is 5.38 Å². The van der Waals surface area contributed by atoms with E-state index in [-0.39, 0.29) is 5.91 Å². The van der Waals surface area contributed by atoms with E-state index in [0.29, 0.717) is 0 Å². The number of nitrogens with zero attached hydrogens (tertiary/aromatic N) is 2. The second-order valence-corrected chi connectivity index (χ2v) is 7.22. The largest absolute Gasteiger partial charge is 0.323 e. The van der Waals surface area contributed by atoms with Crippen LogP contribution < -0.4 is 0 Å². The number of thiophene rings is 1. The van der Waals surface area contributed by atoms with Gasteiger partial charge in [0.05, 0.1) is 11.6 Å². The highest BCUT2D eigenvalue weighted by molar-refractivity contribution is 7.10. The van der Waals surface area contributed by atoms with Crippen molar-refractivity contribution in [1.29, 1.82) is 5.26 Å². The van der Waals surface area contributed by atoms with Crippen LogP contribution in [-0.2, 0) is 12.8 Å². The van der Waals surface area contributed by atoms with Gasteiger partial charge in [-0.3, -0.25) is 4.79 Å². The highest BCUT2D eigenvalue weighted by Crippen LogP contribution is 2.39. The molecule has 2 aliphatic rings. The van der Waals surface area contributed by atoms with Crippen LogP contribution in [0.2, 0.25) is 0 Å². The molecule has 1 saturated carbocycles. The highest BCUT2D eigenvalue weighted by atomic mass is 32.1. The molecule has 0 aliphatic heterocycles. The average Bonchev–Trinajstić information content (AvgIpc) is 2.79. The average molecular weight is 288 g/mol. The molecule has 0 bridgehead atoms. The van der Waals surface area contributed by atoms with E-state index >= 15 is 0 Å². The van der Waals surface area contributed by atoms with Gasteiger partial charge in [0, 0.05) is 17.3 Å². The molecule has 1 heterocycles. The molecule has 2 aliphatic carbocycles. The Morgan fingerprint density at radius 1 is 1.55 bits per heavy atom. The van der Waals surface area contributed by atoms with Crippen molar-refractivity contribution in [2.24, 2.45) is 5.92 Å². The fourth-order valence-electron chi connectivity index (χ4n) is 3.27. The van der Waals surface area contributed by atoms with E-state index < -0.39 is 5.54 Å². The van der Waals surface area contributed by atoms with Crippen molar-refractivity contribution in [1.82, 2.24) is 4.90 Å². The fourth-order valence-corrected chi connectivity index (χ4v) is 4.50. The van der Waals surface area contributed by atoms with Gasteiger partial charge in [0.15, 0.2) is 0 Å². The predicted octanol–water partition coefficient (Wildman–Crippen LogP) is 3.39. The number of carbonyl (C=O) groups is 1. The first kappa shape index (κ1) is 13.6. The van der Waals surface area contributed by atoms with Crippen molar-refractivity contribution in [2.75, 3.05) is 7.05 Å². The molecular weight excluding hydrogens is 268 g/mol. The molecule has 3 rings (SSSR count). The van der Waals surface area contributed by atoms with Gasteiger partial charge in [0.1, 0.15) is 5.54 Å². The van der Waals surface area contributed by atoms with Gasteiger partial charge in [0.2, 0.25) is 0 Å². The van der Waals surface area contributed by atoms with Gasteiger partial charge in [-0.15, -0.1) is 11.3 Å². The Labute approximate surface area is 124 Å². The second-order valence-electron chi connectivity index (χ2n) is 6.26. The van der Waals surface area contributed by atoms with E-state index in [9.17, 15) is 10.1 Å². The maximum Gasteiger partial charge on any atom is 0.256 e. The first-order chi connectivity index (χ1) is 9.57. The third kappa shape index (κ3) is 1.96. The summed E-state index contributed by atoms with van der Waals surface area (Å²) >= 11 is 1.71. The van der Waals surface area contributed by atoms with Crippen LogP contribution in [0.15, 0.2) is 5.38 Å². The lowest BCUT2D eigenvalue weighted by Crippen LogP contribution is -2.53. The molecule has 0 N–H and O–H groups in total. The summed E-state index contributed by atoms with van der Waals surface area (Å²) < 4.78 is 0. The van der Waals surface area contributed by atoms with Crippen LogP contribution in [0.5, 0.6) is 0 Å². The van der Waals surface area contributed by atoms with E-state index in [4.69, 9.17) is 0 Å². The van der Waals surface area contributed by atoms with Crippen molar-refractivity contribution >= 4 is 17.2 Å². The van der Waals surface area contributed by atoms with E-state index in [1.54, 1.807) is 23.3 Å². The Hall–Kier alpha value is -1.34. The number of rotatable bonds is 2. The zero-order valence-corrected chi connectivity index (χ0v) is 12.9. The molecule has 1 aromatic rings. The third-order valence-corrected chi connectivity index (χ3v) is 6.02. The lowest BCUT2D eigenvalue weighted by molar-refractivity contribution is 0.0496. The first-order valence-electron chi connectivity index (χ1n) is 7.36. The summed E-state index contributed by atoms with van der Waals surface area (Å²) in [6.45, 7) is 2.27. The summed E-state index contributed by atoms with van der Waals surface area (Å²) in [6, 6.07) is 2.35. The molecule has 20 heavy (non-hydrogen) atoms. The quantitative estimate of drug-likeness (QED) is 0.837. The highest BCUT2D eigenvalue weighted by Gasteiger charge is 2.44. The Kier molecular flexibility index (Phi) is 3.33. The van der Waals surface area contributed by atoms with Gasteiger partial charge in [0.25, 0.3) is 5.91 Å². The van der Waals surface area contributed by atoms with E-state index in [1.165, 1.54) is 10.4 Å². The zero-order valence-electron chi connectivity index (χ0n) is 12.1. The van der Waals surface area contributed by atoms with Gasteiger partial charge >= 0.3 is 0 Å². The number of hydrogen-bond acceptors (Lipinski definition) is 3. The van der Waals surface area contributed by atoms with Gasteiger partial charge in [-0.25, -0.2) is 0 Å². The zero-order chi connectivity index (χ0) is 14.3. The lowest BCUT2D eigenvalue weighted by atomic mass is 9.76. The molecule has 0 spiro atoms. The standard InChI is InChI=1S/C16H20N2OS/c1-11-4-5-12-13(9-20-14(12)8-11)15(19)18(2)16(10-17)6-3-7-16/h9,11H,3-8H2,1-2H3. The van der Waals surface area contributed by atoms with Gasteiger partial charge in [-0.05, 0) is 50.0 Å². The molecule has 0 radical (unpaired) electrons. The van der Waals surface area contributed by atoms with Crippen LogP contribution in [0.1, 0.15) is 53.4 Å². The number of hydrogen-bond donors (Lipinski definition) is 0. The normalized spacial score (nSPS) is 23.4. The molecule has 4 heteroatoms. The van der Waals surface area contributed by atoms with Crippen molar-refractivity contribution in [3.63, 3.8) is 0 Å². The van der Waals surface area contributed by atoms with Crippen LogP contribution in [0, 0.1) is 17.2 Å². The summed E-state index contributed by atoms with van der Waals surface area (Å²) in [7, 11) is 1.79. The van der Waals surface area contributed by atoms with Gasteiger partial charge < -0.3 is 4.90 Å². The summed E-state index contributed by atoms with van der Waals surface area (Å²) in [5.41, 5.74) is 1.55. The van der Waals surface area contributed by atoms with Crippen LogP contribution in [0.4, 0.5) is 0 Å². The molecule has 1 aromatic heterocycles. The minimum Gasteiger partial charge on any atom is -0.323 e. The summed E-state index contributed by atoms with van der Waals surface area (Å²) in [5.74, 6) is 0.761. The molecule has 1 amide bonds. The molecule has 1 unspecified atom stereocenters. The summed E-state index contributed by atoms with van der Waals surface area (Å²) in [5, 5.41) is 11.4. The second kappa shape index (κ2) is 4.89. The van der Waals surface area contributed by atoms with Crippen LogP contribution in [-0.4, -0.2) is 23.4 Å². The predicted molar refractivity (Wildman–Crippen MR) is 79.8 cm³/mol. The Morgan fingerprint density at radius 3 is 2.90 bits per heavy atom. The number of amides is 1. The SMILES string of the molecule is CC1CCc2c(C(=O)N(C)C3(C#N)CCC3)csc2C1. The van der Waals surface area contributed by atoms with Crippen molar-refractivity contribution in [2.45, 2.75) is 51.0 Å². The van der Waals surface area contributed by atoms with Crippen molar-refractivity contribution in [3.05, 3.63) is 21.4 Å². The number of carbonyl (C=O) groups excluding carboxylic acids is 1. The van der Waals surface area contributed by atoms with Gasteiger partial charge in [-0.1, -0.05) is 6.92 Å². The van der Waals surface area contributed by atoms with E-state index in [0.717, 1.165) is 50.0 Å². The topological polar surface area (TPSA) is 44.1 Å². The maximum absolute atomic E-state index is 12.7. The molecule has 0 aromatic carbocycles. The monoisotopic (exact) mass is 288 g/mol. The van der Waals surface area contributed by atoms with E-state index in [2.05, 4.69) is 13.0 Å². The molecule has 0 saturated heterocycles. The first-order valence-corrected chi connectivity index (χ1v) is 8.24. The molecule has 1 fully saturated rings. The molecule has 1 atom stereocenters. The smallest absolute Gasteiger partial charge is 0.256 e. The van der Waals surface area contributed by atoms with Crippen molar-refractivity contribution in [3.8, 4) is 6.07 Å². The van der Waals surface area contributed by atoms with Crippen LogP contribution in [0.25, 0.3) is 0 Å². The van der Waals surface area contributed by atoms with Crippen LogP contribution >= 0.6 is 11.3 Å². The lowest BCUT2D eigenvalue weighted by Gasteiger charge is -2.43. The summed E-state index contributed by atoms with van der Waals surface area (Å²) in [4.78, 5) is 15.8. The number of fused-ring (bicyclic) bond motifs is 1. The summed E-state index contributed by atoms with van der Waals surface area (Å²) in [6.07, 6.45) is 5.95. The third-order valence-electron chi connectivity index (χ3n) is 4.97. The molecule has 3 nitrogen and oxygen atoms in total. The van der Waals surface area contributed by atoms with Crippen LogP contribution in [0.3, 0.4) is 0 Å².